The van der Waals surface area contributed by atoms with Crippen molar-refractivity contribution in [3.8, 4) is 0 Å². The molecule has 0 aromatic carbocycles. The molecule has 12 unspecified atom stereocenters. The molecule has 0 radical (unpaired) electrons. The normalized spacial score (nSPS) is 43.2. The summed E-state index contributed by atoms with van der Waals surface area (Å²) in [6, 6.07) is -1.05. The number of hydrazine groups is 1. The Balaban J connectivity index is 1.21. The van der Waals surface area contributed by atoms with Crippen molar-refractivity contribution in [3.63, 3.8) is 0 Å². The van der Waals surface area contributed by atoms with Crippen molar-refractivity contribution >= 4 is 21.6 Å². The first-order valence-electron chi connectivity index (χ1n) is 16.0. The molecule has 44 heavy (non-hydrogen) atoms. The fourth-order valence-electron chi connectivity index (χ4n) is 7.44. The predicted molar refractivity (Wildman–Crippen MR) is 165 cm³/mol. The average Bonchev–Trinajstić information content (AvgIpc) is 3.39. The lowest BCUT2D eigenvalue weighted by molar-refractivity contribution is -0.536. The smallest absolute Gasteiger partial charge is 0.244 e. The molecule has 5 rings (SSSR count). The number of hydrogen-bond donors (Lipinski definition) is 5. The van der Waals surface area contributed by atoms with E-state index in [9.17, 15) is 22.9 Å². The number of nitro groups is 1. The number of nitrogens with one attached hydrogen (secondary N) is 5. The van der Waals surface area contributed by atoms with Gasteiger partial charge in [0.15, 0.2) is 16.0 Å². The number of rotatable bonds is 10. The Bertz CT molecular complexity index is 1080. The fourth-order valence-corrected chi connectivity index (χ4v) is 11.0. The highest BCUT2D eigenvalue weighted by molar-refractivity contribution is 8.00. The molecule has 0 spiro atoms. The van der Waals surface area contributed by atoms with Gasteiger partial charge in [-0.3, -0.25) is 36.4 Å². The third-order valence-electron chi connectivity index (χ3n) is 10.1. The summed E-state index contributed by atoms with van der Waals surface area (Å²) in [6.45, 7) is 5.72. The molecule has 2 saturated carbocycles. The van der Waals surface area contributed by atoms with E-state index in [0.29, 0.717) is 25.3 Å². The monoisotopic (exact) mass is 668 g/mol. The summed E-state index contributed by atoms with van der Waals surface area (Å²) >= 11 is 1.45. The number of nitrogens with zero attached hydrogens (tertiary/aromatic N) is 3. The lowest BCUT2D eigenvalue weighted by Gasteiger charge is -2.50. The Morgan fingerprint density at radius 2 is 1.82 bits per heavy atom. The van der Waals surface area contributed by atoms with Crippen LogP contribution in [0.25, 0.3) is 0 Å². The van der Waals surface area contributed by atoms with E-state index in [0.717, 1.165) is 32.6 Å². The van der Waals surface area contributed by atoms with E-state index in [-0.39, 0.29) is 49.4 Å². The van der Waals surface area contributed by atoms with Crippen LogP contribution in [0.1, 0.15) is 51.9 Å². The van der Waals surface area contributed by atoms with Crippen molar-refractivity contribution in [1.29, 1.82) is 0 Å². The van der Waals surface area contributed by atoms with Gasteiger partial charge in [-0.15, -0.1) is 11.8 Å². The van der Waals surface area contributed by atoms with Gasteiger partial charge in [-0.25, -0.2) is 22.6 Å². The van der Waals surface area contributed by atoms with Gasteiger partial charge < -0.3 is 9.64 Å². The first-order chi connectivity index (χ1) is 20.9. The van der Waals surface area contributed by atoms with Gasteiger partial charge in [0, 0.05) is 61.8 Å². The van der Waals surface area contributed by atoms with E-state index >= 15 is 4.39 Å². The van der Waals surface area contributed by atoms with Gasteiger partial charge in [0.2, 0.25) is 6.04 Å². The Kier molecular flexibility index (Phi) is 11.8. The molecule has 5 aliphatic rings. The molecule has 12 atom stereocenters. The Morgan fingerprint density at radius 1 is 1.07 bits per heavy atom. The van der Waals surface area contributed by atoms with Crippen LogP contribution in [0, 0.1) is 16.0 Å². The molecule has 17 heteroatoms. The summed E-state index contributed by atoms with van der Waals surface area (Å²) < 4.78 is 63.2. The molecule has 0 aromatic rings. The molecule has 2 aliphatic carbocycles. The molecule has 3 aliphatic heterocycles. The lowest BCUT2D eigenvalue weighted by Crippen LogP contribution is -2.75. The number of halogens is 2. The van der Waals surface area contributed by atoms with Crippen molar-refractivity contribution in [2.45, 2.75) is 117 Å². The number of likely N-dealkylation sites (N-methyl/N-ethyl adjacent to an activating group) is 1. The quantitative estimate of drug-likeness (QED) is 0.161. The molecule has 254 valence electrons. The van der Waals surface area contributed by atoms with Gasteiger partial charge >= 0.3 is 0 Å². The SMILES string of the molecule is COC1C(NC2CC(C)NN2)NC(SC2CCC(S(=O)(=O)CC3CCCC([N+](=O)[O-])C3F)CC2F)NC1N1CCN(C)CC1. The Morgan fingerprint density at radius 3 is 2.45 bits per heavy atom. The van der Waals surface area contributed by atoms with Crippen LogP contribution < -0.4 is 26.8 Å². The van der Waals surface area contributed by atoms with Crippen molar-refractivity contribution in [2.75, 3.05) is 46.1 Å². The molecule has 13 nitrogen and oxygen atoms in total. The van der Waals surface area contributed by atoms with Crippen LogP contribution in [0.5, 0.6) is 0 Å². The summed E-state index contributed by atoms with van der Waals surface area (Å²) in [6.07, 6.45) is -1.44. The molecular weight excluding hydrogens is 618 g/mol. The molecular formula is C27H50F2N8O5S2. The third kappa shape index (κ3) is 8.20. The number of methoxy groups -OCH3 is 1. The summed E-state index contributed by atoms with van der Waals surface area (Å²) in [7, 11) is 0.000428. The summed E-state index contributed by atoms with van der Waals surface area (Å²) in [5.41, 5.74) is 6.22. The number of thioether (sulfide) groups is 1. The minimum absolute atomic E-state index is 0.0281. The maximum absolute atomic E-state index is 15.7. The number of hydrogen-bond acceptors (Lipinski definition) is 13. The highest BCUT2D eigenvalue weighted by Gasteiger charge is 2.47. The molecule has 3 saturated heterocycles. The topological polar surface area (TPSA) is 153 Å². The minimum atomic E-state index is -3.81. The summed E-state index contributed by atoms with van der Waals surface area (Å²) in [4.78, 5) is 15.3. The van der Waals surface area contributed by atoms with Crippen LogP contribution in [-0.2, 0) is 14.6 Å². The van der Waals surface area contributed by atoms with Crippen LogP contribution in [-0.4, -0.2) is 134 Å². The molecule has 3 heterocycles. The third-order valence-corrected chi connectivity index (χ3v) is 13.8. The van der Waals surface area contributed by atoms with Crippen molar-refractivity contribution in [2.24, 2.45) is 5.92 Å². The van der Waals surface area contributed by atoms with Crippen molar-refractivity contribution in [3.05, 3.63) is 10.1 Å². The molecule has 5 fully saturated rings. The zero-order valence-corrected chi connectivity index (χ0v) is 27.5. The predicted octanol–water partition coefficient (Wildman–Crippen LogP) is 0.370. The average molecular weight is 669 g/mol. The number of ether oxygens (including phenoxy) is 1. The standard InChI is InChI=1S/C27H50F2N8O5S2/c1-16-13-22(34-33-16)30-25-24(42-3)26(36-11-9-35(2)10-12-36)32-27(31-25)43-21-8-7-18(14-19(21)28)44(40,41)15-17-5-4-6-20(23(17)29)37(38)39/h16-27,30-34H,4-15H2,1-3H3. The fraction of sp³-hybridized carbons (Fsp3) is 1.00. The Labute approximate surface area is 263 Å². The van der Waals surface area contributed by atoms with Crippen LogP contribution in [0.4, 0.5) is 8.78 Å². The van der Waals surface area contributed by atoms with Crippen molar-refractivity contribution < 1.29 is 26.9 Å². The second-order valence-corrected chi connectivity index (χ2v) is 16.9. The number of alkyl halides is 2. The van der Waals surface area contributed by atoms with Crippen LogP contribution in [0.3, 0.4) is 0 Å². The highest BCUT2D eigenvalue weighted by atomic mass is 32.2. The molecule has 0 amide bonds. The van der Waals surface area contributed by atoms with Crippen molar-refractivity contribution in [1.82, 2.24) is 36.6 Å². The Hall–Kier alpha value is -0.760. The van der Waals surface area contributed by atoms with E-state index in [1.165, 1.54) is 11.8 Å². The van der Waals surface area contributed by atoms with E-state index in [1.807, 2.05) is 0 Å². The zero-order valence-electron chi connectivity index (χ0n) is 25.9. The van der Waals surface area contributed by atoms with Gasteiger partial charge in [0.1, 0.15) is 17.8 Å². The van der Waals surface area contributed by atoms with Crippen LogP contribution >= 0.6 is 11.8 Å². The maximum Gasteiger partial charge on any atom is 0.244 e. The molecule has 0 bridgehead atoms. The minimum Gasteiger partial charge on any atom is -0.375 e. The molecule has 0 aromatic heterocycles. The van der Waals surface area contributed by atoms with Crippen LogP contribution in [0.2, 0.25) is 0 Å². The van der Waals surface area contributed by atoms with E-state index in [2.05, 4.69) is 50.6 Å². The maximum atomic E-state index is 15.7. The van der Waals surface area contributed by atoms with Gasteiger partial charge in [-0.2, -0.15) is 0 Å². The second-order valence-electron chi connectivity index (χ2n) is 13.3. The summed E-state index contributed by atoms with van der Waals surface area (Å²) in [5, 5.41) is 20.8. The zero-order chi connectivity index (χ0) is 31.6. The number of piperazine rings is 1. The van der Waals surface area contributed by atoms with Crippen LogP contribution in [0.15, 0.2) is 0 Å². The van der Waals surface area contributed by atoms with E-state index in [1.54, 1.807) is 7.11 Å². The van der Waals surface area contributed by atoms with Gasteiger partial charge in [0.25, 0.3) is 0 Å². The summed E-state index contributed by atoms with van der Waals surface area (Å²) in [5.74, 6) is -1.37. The second kappa shape index (κ2) is 15.0. The first-order valence-corrected chi connectivity index (χ1v) is 18.6. The highest BCUT2D eigenvalue weighted by Crippen LogP contribution is 2.38. The van der Waals surface area contributed by atoms with E-state index < -0.39 is 55.3 Å². The van der Waals surface area contributed by atoms with Gasteiger partial charge in [-0.05, 0) is 52.5 Å². The largest absolute Gasteiger partial charge is 0.375 e. The molecule has 5 N–H and O–H groups in total. The number of sulfone groups is 1. The first kappa shape index (κ1) is 34.6. The van der Waals surface area contributed by atoms with Gasteiger partial charge in [0.05, 0.1) is 29.5 Å². The lowest BCUT2D eigenvalue weighted by atomic mass is 9.85. The van der Waals surface area contributed by atoms with Gasteiger partial charge in [-0.1, -0.05) is 0 Å². The van der Waals surface area contributed by atoms with E-state index in [4.69, 9.17) is 4.74 Å².